The Morgan fingerprint density at radius 1 is 1.40 bits per heavy atom. The number of carboxylic acid groups (broad SMARTS) is 1. The normalized spacial score (nSPS) is 14.1. The molecule has 1 aromatic rings. The highest BCUT2D eigenvalue weighted by molar-refractivity contribution is 5.96. The molecule has 0 saturated heterocycles. The van der Waals surface area contributed by atoms with Crippen LogP contribution in [0.4, 0.5) is 4.39 Å². The van der Waals surface area contributed by atoms with Crippen LogP contribution in [0.5, 0.6) is 0 Å². The van der Waals surface area contributed by atoms with Gasteiger partial charge in [-0.15, -0.1) is 0 Å². The molecule has 1 aromatic carbocycles. The fourth-order valence-electron chi connectivity index (χ4n) is 2.14. The molecule has 1 saturated carbocycles. The minimum Gasteiger partial charge on any atom is -0.478 e. The van der Waals surface area contributed by atoms with Crippen molar-refractivity contribution in [2.45, 2.75) is 38.6 Å². The van der Waals surface area contributed by atoms with Crippen LogP contribution in [-0.4, -0.2) is 34.5 Å². The molecule has 0 aliphatic heterocycles. The maximum atomic E-state index is 13.9. The monoisotopic (exact) mass is 279 g/mol. The van der Waals surface area contributed by atoms with Gasteiger partial charge in [0.2, 0.25) is 0 Å². The van der Waals surface area contributed by atoms with Gasteiger partial charge >= 0.3 is 5.97 Å². The second-order valence-corrected chi connectivity index (χ2v) is 5.08. The summed E-state index contributed by atoms with van der Waals surface area (Å²) in [5, 5.41) is 8.80. The number of carbonyl (C=O) groups is 2. The number of nitrogens with zero attached hydrogens (tertiary/aromatic N) is 1. The van der Waals surface area contributed by atoms with Crippen molar-refractivity contribution < 1.29 is 19.1 Å². The molecule has 0 aromatic heterocycles. The van der Waals surface area contributed by atoms with Crippen molar-refractivity contribution in [2.75, 3.05) is 6.54 Å². The lowest BCUT2D eigenvalue weighted by molar-refractivity contribution is 0.0691. The van der Waals surface area contributed by atoms with Crippen molar-refractivity contribution in [2.24, 2.45) is 0 Å². The molecule has 0 bridgehead atoms. The van der Waals surface area contributed by atoms with Gasteiger partial charge in [-0.05, 0) is 37.5 Å². The van der Waals surface area contributed by atoms with E-state index in [4.69, 9.17) is 5.11 Å². The van der Waals surface area contributed by atoms with Gasteiger partial charge in [-0.1, -0.05) is 13.3 Å². The Bertz CT molecular complexity index is 526. The Labute approximate surface area is 117 Å². The lowest BCUT2D eigenvalue weighted by atomic mass is 10.1. The van der Waals surface area contributed by atoms with E-state index in [1.807, 2.05) is 6.92 Å². The molecule has 20 heavy (non-hydrogen) atoms. The van der Waals surface area contributed by atoms with Gasteiger partial charge in [0.15, 0.2) is 0 Å². The molecule has 108 valence electrons. The first-order valence-electron chi connectivity index (χ1n) is 6.88. The van der Waals surface area contributed by atoms with Gasteiger partial charge in [0.05, 0.1) is 11.1 Å². The number of halogens is 1. The summed E-state index contributed by atoms with van der Waals surface area (Å²) in [4.78, 5) is 24.8. The SMILES string of the molecule is CCCCN(C(=O)c1ccc(C(=O)O)cc1F)C1CC1. The van der Waals surface area contributed by atoms with Gasteiger partial charge in [-0.3, -0.25) is 4.79 Å². The fraction of sp³-hybridized carbons (Fsp3) is 0.467. The first kappa shape index (κ1) is 14.5. The van der Waals surface area contributed by atoms with Crippen LogP contribution in [0, 0.1) is 5.82 Å². The summed E-state index contributed by atoms with van der Waals surface area (Å²) < 4.78 is 13.9. The van der Waals surface area contributed by atoms with Crippen molar-refractivity contribution in [1.29, 1.82) is 0 Å². The van der Waals surface area contributed by atoms with Crippen LogP contribution < -0.4 is 0 Å². The zero-order valence-electron chi connectivity index (χ0n) is 11.4. The molecular weight excluding hydrogens is 261 g/mol. The van der Waals surface area contributed by atoms with Crippen LogP contribution >= 0.6 is 0 Å². The molecule has 1 N–H and O–H groups in total. The number of carbonyl (C=O) groups excluding carboxylic acids is 1. The van der Waals surface area contributed by atoms with Crippen molar-refractivity contribution in [3.8, 4) is 0 Å². The maximum Gasteiger partial charge on any atom is 0.335 e. The van der Waals surface area contributed by atoms with Gasteiger partial charge in [-0.2, -0.15) is 0 Å². The number of hydrogen-bond acceptors (Lipinski definition) is 2. The van der Waals surface area contributed by atoms with E-state index in [1.165, 1.54) is 12.1 Å². The van der Waals surface area contributed by atoms with E-state index < -0.39 is 11.8 Å². The third-order valence-corrected chi connectivity index (χ3v) is 3.45. The number of unbranched alkanes of at least 4 members (excludes halogenated alkanes) is 1. The summed E-state index contributed by atoms with van der Waals surface area (Å²) in [6, 6.07) is 3.65. The zero-order chi connectivity index (χ0) is 14.7. The Morgan fingerprint density at radius 3 is 2.60 bits per heavy atom. The van der Waals surface area contributed by atoms with E-state index >= 15 is 0 Å². The predicted molar refractivity (Wildman–Crippen MR) is 72.3 cm³/mol. The smallest absolute Gasteiger partial charge is 0.335 e. The van der Waals surface area contributed by atoms with E-state index in [0.29, 0.717) is 6.54 Å². The summed E-state index contributed by atoms with van der Waals surface area (Å²) in [6.07, 6.45) is 3.78. The molecule has 5 heteroatoms. The van der Waals surface area contributed by atoms with Gasteiger partial charge < -0.3 is 10.0 Å². The molecule has 4 nitrogen and oxygen atoms in total. The van der Waals surface area contributed by atoms with Crippen molar-refractivity contribution in [3.05, 3.63) is 35.1 Å². The highest BCUT2D eigenvalue weighted by Crippen LogP contribution is 2.29. The Morgan fingerprint density at radius 2 is 2.10 bits per heavy atom. The van der Waals surface area contributed by atoms with E-state index in [-0.39, 0.29) is 23.1 Å². The Balaban J connectivity index is 2.20. The summed E-state index contributed by atoms with van der Waals surface area (Å²) in [6.45, 7) is 2.66. The third-order valence-electron chi connectivity index (χ3n) is 3.45. The molecule has 0 spiro atoms. The number of aromatic carboxylic acids is 1. The molecule has 0 heterocycles. The summed E-state index contributed by atoms with van der Waals surface area (Å²) in [7, 11) is 0. The van der Waals surface area contributed by atoms with E-state index in [0.717, 1.165) is 31.7 Å². The van der Waals surface area contributed by atoms with Crippen LogP contribution in [0.2, 0.25) is 0 Å². The van der Waals surface area contributed by atoms with Crippen LogP contribution in [-0.2, 0) is 0 Å². The maximum absolute atomic E-state index is 13.9. The van der Waals surface area contributed by atoms with Crippen molar-refractivity contribution >= 4 is 11.9 Å². The zero-order valence-corrected chi connectivity index (χ0v) is 11.4. The lowest BCUT2D eigenvalue weighted by Crippen LogP contribution is -2.34. The molecule has 1 amide bonds. The van der Waals surface area contributed by atoms with E-state index in [1.54, 1.807) is 4.90 Å². The van der Waals surface area contributed by atoms with E-state index in [9.17, 15) is 14.0 Å². The van der Waals surface area contributed by atoms with Crippen molar-refractivity contribution in [3.63, 3.8) is 0 Å². The number of carboxylic acids is 1. The highest BCUT2D eigenvalue weighted by atomic mass is 19.1. The topological polar surface area (TPSA) is 57.6 Å². The lowest BCUT2D eigenvalue weighted by Gasteiger charge is -2.22. The second-order valence-electron chi connectivity index (χ2n) is 5.08. The molecule has 0 radical (unpaired) electrons. The molecule has 1 aliphatic rings. The first-order chi connectivity index (χ1) is 9.54. The molecule has 0 unspecified atom stereocenters. The average Bonchev–Trinajstić information content (AvgIpc) is 3.23. The Kier molecular flexibility index (Phi) is 4.37. The van der Waals surface area contributed by atoms with Gasteiger partial charge in [0.1, 0.15) is 5.82 Å². The quantitative estimate of drug-likeness (QED) is 0.871. The highest BCUT2D eigenvalue weighted by Gasteiger charge is 2.33. The minimum absolute atomic E-state index is 0.0435. The van der Waals surface area contributed by atoms with Crippen LogP contribution in [0.1, 0.15) is 53.3 Å². The molecule has 2 rings (SSSR count). The second kappa shape index (κ2) is 6.03. The van der Waals surface area contributed by atoms with Crippen LogP contribution in [0.25, 0.3) is 0 Å². The van der Waals surface area contributed by atoms with Crippen LogP contribution in [0.15, 0.2) is 18.2 Å². The Hall–Kier alpha value is -1.91. The van der Waals surface area contributed by atoms with Crippen LogP contribution in [0.3, 0.4) is 0 Å². The fourth-order valence-corrected chi connectivity index (χ4v) is 2.14. The number of rotatable bonds is 6. The van der Waals surface area contributed by atoms with Crippen molar-refractivity contribution in [1.82, 2.24) is 4.90 Å². The standard InChI is InChI=1S/C15H18FNO3/c1-2-3-8-17(11-5-6-11)14(18)12-7-4-10(15(19)20)9-13(12)16/h4,7,9,11H,2-3,5-6,8H2,1H3,(H,19,20). The summed E-state index contributed by atoms with van der Waals surface area (Å²) in [5.74, 6) is -2.31. The largest absolute Gasteiger partial charge is 0.478 e. The average molecular weight is 279 g/mol. The first-order valence-corrected chi connectivity index (χ1v) is 6.88. The number of amides is 1. The molecular formula is C15H18FNO3. The molecule has 1 aliphatic carbocycles. The van der Waals surface area contributed by atoms with Gasteiger partial charge in [0, 0.05) is 12.6 Å². The third kappa shape index (κ3) is 3.15. The molecule has 0 atom stereocenters. The number of benzene rings is 1. The predicted octanol–water partition coefficient (Wildman–Crippen LogP) is 2.93. The minimum atomic E-state index is -1.20. The summed E-state index contributed by atoms with van der Waals surface area (Å²) >= 11 is 0. The van der Waals surface area contributed by atoms with Gasteiger partial charge in [-0.25, -0.2) is 9.18 Å². The summed E-state index contributed by atoms with van der Waals surface area (Å²) in [5.41, 5.74) is -0.191. The molecule has 1 fully saturated rings. The number of hydrogen-bond donors (Lipinski definition) is 1. The van der Waals surface area contributed by atoms with Gasteiger partial charge in [0.25, 0.3) is 5.91 Å². The van der Waals surface area contributed by atoms with E-state index in [2.05, 4.69) is 0 Å².